The molecule has 0 aliphatic heterocycles. The number of nitrogens with zero attached hydrogens (tertiary/aromatic N) is 2. The van der Waals surface area contributed by atoms with Gasteiger partial charge in [-0.25, -0.2) is 0 Å². The number of hydrogen-bond acceptors (Lipinski definition) is 3. The summed E-state index contributed by atoms with van der Waals surface area (Å²) >= 11 is 0. The van der Waals surface area contributed by atoms with Gasteiger partial charge in [-0.1, -0.05) is 6.07 Å². The zero-order valence-electron chi connectivity index (χ0n) is 10.5. The predicted molar refractivity (Wildman–Crippen MR) is 70.9 cm³/mol. The number of aromatic nitrogens is 2. The third-order valence-corrected chi connectivity index (χ3v) is 2.79. The number of nitrogen functional groups attached to an aromatic ring is 1. The molecule has 1 aromatic heterocycles. The Labute approximate surface area is 101 Å². The second-order valence-electron chi connectivity index (χ2n) is 4.36. The Kier molecular flexibility index (Phi) is 3.04. The molecule has 17 heavy (non-hydrogen) atoms. The Morgan fingerprint density at radius 1 is 1.35 bits per heavy atom. The number of nitrogens with one attached hydrogen (secondary N) is 1. The van der Waals surface area contributed by atoms with E-state index in [2.05, 4.69) is 16.5 Å². The van der Waals surface area contributed by atoms with Crippen LogP contribution in [0.15, 0.2) is 24.4 Å². The normalized spacial score (nSPS) is 10.5. The van der Waals surface area contributed by atoms with Crippen LogP contribution in [0.25, 0.3) is 0 Å². The molecular formula is C13H18N4. The van der Waals surface area contributed by atoms with Crippen LogP contribution in [0.1, 0.15) is 16.8 Å². The quantitative estimate of drug-likeness (QED) is 0.795. The molecule has 2 rings (SSSR count). The topological polar surface area (TPSA) is 55.9 Å². The number of rotatable bonds is 3. The van der Waals surface area contributed by atoms with Crippen LogP contribution < -0.4 is 11.1 Å². The highest BCUT2D eigenvalue weighted by Gasteiger charge is 2.04. The van der Waals surface area contributed by atoms with Gasteiger partial charge >= 0.3 is 0 Å². The summed E-state index contributed by atoms with van der Waals surface area (Å²) in [5.74, 6) is 0. The summed E-state index contributed by atoms with van der Waals surface area (Å²) < 4.78 is 1.82. The predicted octanol–water partition coefficient (Wildman–Crippen LogP) is 2.23. The van der Waals surface area contributed by atoms with Crippen molar-refractivity contribution in [1.82, 2.24) is 9.78 Å². The van der Waals surface area contributed by atoms with Gasteiger partial charge in [0, 0.05) is 25.4 Å². The molecule has 1 heterocycles. The van der Waals surface area contributed by atoms with Crippen LogP contribution >= 0.6 is 0 Å². The van der Waals surface area contributed by atoms with E-state index in [1.807, 2.05) is 43.9 Å². The van der Waals surface area contributed by atoms with Gasteiger partial charge in [-0.15, -0.1) is 0 Å². The fraction of sp³-hybridized carbons (Fsp3) is 0.308. The van der Waals surface area contributed by atoms with Gasteiger partial charge in [0.15, 0.2) is 0 Å². The average Bonchev–Trinajstić information content (AvgIpc) is 2.56. The smallest absolute Gasteiger partial charge is 0.0643 e. The van der Waals surface area contributed by atoms with Crippen molar-refractivity contribution >= 4 is 11.4 Å². The van der Waals surface area contributed by atoms with Crippen LogP contribution in [0, 0.1) is 13.8 Å². The van der Waals surface area contributed by atoms with Gasteiger partial charge < -0.3 is 11.1 Å². The summed E-state index contributed by atoms with van der Waals surface area (Å²) in [6.45, 7) is 4.79. The highest BCUT2D eigenvalue weighted by atomic mass is 15.2. The van der Waals surface area contributed by atoms with Gasteiger partial charge in [-0.3, -0.25) is 4.68 Å². The summed E-state index contributed by atoms with van der Waals surface area (Å²) in [6.07, 6.45) is 2.02. The minimum absolute atomic E-state index is 0.743. The van der Waals surface area contributed by atoms with E-state index in [0.717, 1.165) is 23.6 Å². The van der Waals surface area contributed by atoms with Crippen LogP contribution in [0.3, 0.4) is 0 Å². The maximum atomic E-state index is 5.95. The molecule has 0 aliphatic carbocycles. The Morgan fingerprint density at radius 2 is 2.12 bits per heavy atom. The fourth-order valence-electron chi connectivity index (χ4n) is 1.86. The fourth-order valence-corrected chi connectivity index (χ4v) is 1.86. The third kappa shape index (κ3) is 2.58. The van der Waals surface area contributed by atoms with E-state index in [9.17, 15) is 0 Å². The van der Waals surface area contributed by atoms with Crippen molar-refractivity contribution in [3.63, 3.8) is 0 Å². The first-order valence-corrected chi connectivity index (χ1v) is 5.65. The summed E-state index contributed by atoms with van der Waals surface area (Å²) in [6, 6.07) is 6.03. The summed E-state index contributed by atoms with van der Waals surface area (Å²) in [5.41, 5.74) is 11.1. The van der Waals surface area contributed by atoms with Gasteiger partial charge in [0.05, 0.1) is 17.1 Å². The van der Waals surface area contributed by atoms with E-state index in [1.165, 1.54) is 11.1 Å². The molecule has 0 atom stereocenters. The van der Waals surface area contributed by atoms with E-state index in [-0.39, 0.29) is 0 Å². The van der Waals surface area contributed by atoms with Crippen molar-refractivity contribution in [2.75, 3.05) is 11.1 Å². The van der Waals surface area contributed by atoms with Crippen molar-refractivity contribution < 1.29 is 0 Å². The molecule has 0 saturated carbocycles. The number of anilines is 2. The van der Waals surface area contributed by atoms with Crippen LogP contribution in [0.5, 0.6) is 0 Å². The molecule has 0 unspecified atom stereocenters. The summed E-state index contributed by atoms with van der Waals surface area (Å²) in [4.78, 5) is 0. The molecule has 0 amide bonds. The van der Waals surface area contributed by atoms with Gasteiger partial charge in [0.1, 0.15) is 0 Å². The minimum atomic E-state index is 0.743. The first kappa shape index (κ1) is 11.5. The standard InChI is InChI=1S/C13H18N4/c1-9-4-5-13(12(14)6-9)15-7-11-8-17(3)16-10(11)2/h4-6,8,15H,7,14H2,1-3H3. The summed E-state index contributed by atoms with van der Waals surface area (Å²) in [7, 11) is 1.93. The Hall–Kier alpha value is -1.97. The molecule has 4 heteroatoms. The lowest BCUT2D eigenvalue weighted by molar-refractivity contribution is 0.756. The monoisotopic (exact) mass is 230 g/mol. The molecule has 0 spiro atoms. The van der Waals surface area contributed by atoms with E-state index in [4.69, 9.17) is 5.73 Å². The lowest BCUT2D eigenvalue weighted by Gasteiger charge is -2.09. The molecule has 0 bridgehead atoms. The van der Waals surface area contributed by atoms with E-state index in [1.54, 1.807) is 0 Å². The number of nitrogens with two attached hydrogens (primary N) is 1. The highest BCUT2D eigenvalue weighted by molar-refractivity contribution is 5.66. The number of aryl methyl sites for hydroxylation is 3. The van der Waals surface area contributed by atoms with E-state index in [0.29, 0.717) is 0 Å². The van der Waals surface area contributed by atoms with Crippen molar-refractivity contribution in [3.05, 3.63) is 41.2 Å². The van der Waals surface area contributed by atoms with Crippen LogP contribution in [0.2, 0.25) is 0 Å². The molecule has 0 aliphatic rings. The van der Waals surface area contributed by atoms with Gasteiger partial charge in [0.25, 0.3) is 0 Å². The zero-order valence-corrected chi connectivity index (χ0v) is 10.5. The van der Waals surface area contributed by atoms with Crippen molar-refractivity contribution in [2.45, 2.75) is 20.4 Å². The van der Waals surface area contributed by atoms with Crippen molar-refractivity contribution in [2.24, 2.45) is 7.05 Å². The second kappa shape index (κ2) is 4.49. The first-order valence-electron chi connectivity index (χ1n) is 5.65. The molecule has 0 radical (unpaired) electrons. The summed E-state index contributed by atoms with van der Waals surface area (Å²) in [5, 5.41) is 7.64. The molecule has 90 valence electrons. The molecule has 3 N–H and O–H groups in total. The molecule has 1 aromatic carbocycles. The maximum absolute atomic E-state index is 5.95. The van der Waals surface area contributed by atoms with Crippen molar-refractivity contribution in [3.8, 4) is 0 Å². The largest absolute Gasteiger partial charge is 0.397 e. The molecule has 4 nitrogen and oxygen atoms in total. The maximum Gasteiger partial charge on any atom is 0.0643 e. The van der Waals surface area contributed by atoms with Crippen molar-refractivity contribution in [1.29, 1.82) is 0 Å². The number of benzene rings is 1. The second-order valence-corrected chi connectivity index (χ2v) is 4.36. The Balaban J connectivity index is 2.10. The van der Waals surface area contributed by atoms with Gasteiger partial charge in [0.2, 0.25) is 0 Å². The molecular weight excluding hydrogens is 212 g/mol. The molecule has 2 aromatic rings. The average molecular weight is 230 g/mol. The lowest BCUT2D eigenvalue weighted by atomic mass is 10.2. The minimum Gasteiger partial charge on any atom is -0.397 e. The number of hydrogen-bond donors (Lipinski definition) is 2. The van der Waals surface area contributed by atoms with Crippen LogP contribution in [-0.4, -0.2) is 9.78 Å². The SMILES string of the molecule is Cc1ccc(NCc2cn(C)nc2C)c(N)c1. The lowest BCUT2D eigenvalue weighted by Crippen LogP contribution is -2.03. The van der Waals surface area contributed by atoms with Crippen LogP contribution in [0.4, 0.5) is 11.4 Å². The Bertz CT molecular complexity index is 528. The van der Waals surface area contributed by atoms with E-state index >= 15 is 0 Å². The van der Waals surface area contributed by atoms with Gasteiger partial charge in [-0.05, 0) is 31.5 Å². The van der Waals surface area contributed by atoms with Crippen LogP contribution in [-0.2, 0) is 13.6 Å². The Morgan fingerprint density at radius 3 is 2.71 bits per heavy atom. The highest BCUT2D eigenvalue weighted by Crippen LogP contribution is 2.20. The van der Waals surface area contributed by atoms with Gasteiger partial charge in [-0.2, -0.15) is 5.10 Å². The zero-order chi connectivity index (χ0) is 12.4. The third-order valence-electron chi connectivity index (χ3n) is 2.79. The first-order chi connectivity index (χ1) is 8.06. The van der Waals surface area contributed by atoms with E-state index < -0.39 is 0 Å². The molecule has 0 saturated heterocycles. The molecule has 0 fully saturated rings.